The summed E-state index contributed by atoms with van der Waals surface area (Å²) >= 11 is 1.87. The number of ether oxygens (including phenoxy) is 1. The number of thioether (sulfide) groups is 1. The zero-order valence-electron chi connectivity index (χ0n) is 21.3. The van der Waals surface area contributed by atoms with E-state index in [-0.39, 0.29) is 29.9 Å². The Bertz CT molecular complexity index is 1200. The molecule has 0 bridgehead atoms. The highest BCUT2D eigenvalue weighted by Crippen LogP contribution is 2.52. The monoisotopic (exact) mass is 524 g/mol. The van der Waals surface area contributed by atoms with Gasteiger partial charge in [-0.15, -0.1) is 11.8 Å². The number of likely N-dealkylation sites (tertiary alicyclic amines) is 1. The van der Waals surface area contributed by atoms with Crippen molar-refractivity contribution in [2.24, 2.45) is 0 Å². The van der Waals surface area contributed by atoms with Crippen molar-refractivity contribution >= 4 is 23.8 Å². The number of rotatable bonds is 8. The van der Waals surface area contributed by atoms with E-state index in [2.05, 4.69) is 84.7 Å². The minimum Gasteiger partial charge on any atom is -0.445 e. The molecule has 2 amide bonds. The Morgan fingerprint density at radius 2 is 1.53 bits per heavy atom. The third-order valence-corrected chi connectivity index (χ3v) is 8.85. The van der Waals surface area contributed by atoms with Crippen molar-refractivity contribution in [1.29, 1.82) is 0 Å². The molecule has 2 heterocycles. The summed E-state index contributed by atoms with van der Waals surface area (Å²) in [6.45, 7) is 4.98. The van der Waals surface area contributed by atoms with Gasteiger partial charge < -0.3 is 15.0 Å². The second-order valence-corrected chi connectivity index (χ2v) is 11.1. The molecule has 2 atom stereocenters. The lowest BCUT2D eigenvalue weighted by atomic mass is 9.84. The Hall–Kier alpha value is -3.77. The molecule has 6 heteroatoms. The van der Waals surface area contributed by atoms with Gasteiger partial charge in [0.2, 0.25) is 5.91 Å². The second-order valence-electron chi connectivity index (χ2n) is 9.54. The van der Waals surface area contributed by atoms with Gasteiger partial charge in [-0.05, 0) is 29.5 Å². The van der Waals surface area contributed by atoms with Crippen LogP contribution >= 0.6 is 11.8 Å². The quantitative estimate of drug-likeness (QED) is 0.226. The Labute approximate surface area is 228 Å². The number of carbonyl (C=O) groups is 2. The highest BCUT2D eigenvalue weighted by atomic mass is 32.2. The number of amides is 2. The molecule has 0 radical (unpaired) electrons. The summed E-state index contributed by atoms with van der Waals surface area (Å²) in [7, 11) is 0. The van der Waals surface area contributed by atoms with Crippen molar-refractivity contribution in [3.8, 4) is 0 Å². The molecule has 0 aromatic heterocycles. The molecule has 2 saturated heterocycles. The number of hydrogen-bond acceptors (Lipinski definition) is 4. The van der Waals surface area contributed by atoms with Crippen LogP contribution in [0.3, 0.4) is 0 Å². The summed E-state index contributed by atoms with van der Waals surface area (Å²) < 4.78 is 4.97. The van der Waals surface area contributed by atoms with Gasteiger partial charge in [-0.2, -0.15) is 0 Å². The summed E-state index contributed by atoms with van der Waals surface area (Å²) in [6.07, 6.45) is 4.55. The normalized spacial score (nSPS) is 20.4. The van der Waals surface area contributed by atoms with Gasteiger partial charge >= 0.3 is 6.09 Å². The summed E-state index contributed by atoms with van der Waals surface area (Å²) in [4.78, 5) is 27.2. The predicted molar refractivity (Wildman–Crippen MR) is 153 cm³/mol. The Balaban J connectivity index is 1.56. The van der Waals surface area contributed by atoms with E-state index in [0.29, 0.717) is 19.5 Å². The summed E-state index contributed by atoms with van der Waals surface area (Å²) in [5.41, 5.74) is 4.28. The molecule has 2 unspecified atom stereocenters. The topological polar surface area (TPSA) is 58.6 Å². The molecule has 5 nitrogen and oxygen atoms in total. The molecule has 1 N–H and O–H groups in total. The van der Waals surface area contributed by atoms with E-state index in [1.807, 2.05) is 36.0 Å². The molecular formula is C32H32N2O3S. The standard InChI is InChI=1S/C32H32N2O3S/c1-2-20-37-31(36)34-23-29(22-28(34)21-24-18-19-33-30(24)35)38-32(25-12-6-3-7-13-25,26-14-8-4-9-15-26)27-16-10-5-11-17-27/h2-17,21,28-29H,1,18-20,22-23H2,(H,33,35)/b24-21-. The number of nitrogens with zero attached hydrogens (tertiary/aromatic N) is 1. The maximum Gasteiger partial charge on any atom is 0.410 e. The molecule has 5 rings (SSSR count). The van der Waals surface area contributed by atoms with E-state index >= 15 is 0 Å². The van der Waals surface area contributed by atoms with Gasteiger partial charge in [-0.25, -0.2) is 4.79 Å². The van der Waals surface area contributed by atoms with Crippen LogP contribution in [0.1, 0.15) is 29.5 Å². The lowest BCUT2D eigenvalue weighted by Crippen LogP contribution is -2.36. The first-order chi connectivity index (χ1) is 18.6. The molecule has 0 spiro atoms. The minimum absolute atomic E-state index is 0.0484. The van der Waals surface area contributed by atoms with Gasteiger partial charge in [0.25, 0.3) is 0 Å². The Morgan fingerprint density at radius 3 is 2.00 bits per heavy atom. The highest BCUT2D eigenvalue weighted by Gasteiger charge is 2.44. The summed E-state index contributed by atoms with van der Waals surface area (Å²) in [5.74, 6) is -0.0484. The molecule has 2 aliphatic rings. The molecule has 2 fully saturated rings. The van der Waals surface area contributed by atoms with Crippen molar-refractivity contribution in [3.05, 3.63) is 132 Å². The molecule has 38 heavy (non-hydrogen) atoms. The molecule has 194 valence electrons. The highest BCUT2D eigenvalue weighted by molar-refractivity contribution is 8.01. The smallest absolute Gasteiger partial charge is 0.410 e. The third kappa shape index (κ3) is 5.27. The molecular weight excluding hydrogens is 492 g/mol. The first-order valence-electron chi connectivity index (χ1n) is 13.0. The number of nitrogens with one attached hydrogen (secondary N) is 1. The molecule has 0 saturated carbocycles. The zero-order valence-corrected chi connectivity index (χ0v) is 22.1. The van der Waals surface area contributed by atoms with E-state index in [9.17, 15) is 9.59 Å². The predicted octanol–water partition coefficient (Wildman–Crippen LogP) is 5.92. The van der Waals surface area contributed by atoms with Crippen molar-refractivity contribution < 1.29 is 14.3 Å². The SMILES string of the molecule is C=CCOC(=O)N1CC(SC(c2ccccc2)(c2ccccc2)c2ccccc2)CC1/C=C1/CCNC1=O. The van der Waals surface area contributed by atoms with Crippen LogP contribution in [0.5, 0.6) is 0 Å². The van der Waals surface area contributed by atoms with Gasteiger partial charge in [-0.3, -0.25) is 4.79 Å². The zero-order chi connectivity index (χ0) is 26.4. The van der Waals surface area contributed by atoms with E-state index in [0.717, 1.165) is 12.0 Å². The van der Waals surface area contributed by atoms with Crippen LogP contribution in [-0.4, -0.2) is 47.9 Å². The fraction of sp³-hybridized carbons (Fsp3) is 0.250. The second kappa shape index (κ2) is 11.7. The Morgan fingerprint density at radius 1 is 0.974 bits per heavy atom. The number of carbonyl (C=O) groups excluding carboxylic acids is 2. The van der Waals surface area contributed by atoms with Gasteiger partial charge in [0.05, 0.1) is 10.8 Å². The van der Waals surface area contributed by atoms with Crippen LogP contribution in [0.15, 0.2) is 115 Å². The summed E-state index contributed by atoms with van der Waals surface area (Å²) in [5, 5.41) is 2.97. The van der Waals surface area contributed by atoms with Gasteiger partial charge in [0, 0.05) is 23.9 Å². The number of benzene rings is 3. The molecule has 2 aliphatic heterocycles. The minimum atomic E-state index is -0.488. The molecule has 0 aliphatic carbocycles. The van der Waals surface area contributed by atoms with E-state index < -0.39 is 4.75 Å². The fourth-order valence-corrected chi connectivity index (χ4v) is 7.24. The Kier molecular flexibility index (Phi) is 7.99. The van der Waals surface area contributed by atoms with Crippen molar-refractivity contribution in [3.63, 3.8) is 0 Å². The average Bonchev–Trinajstić information content (AvgIpc) is 3.57. The van der Waals surface area contributed by atoms with Crippen molar-refractivity contribution in [2.45, 2.75) is 28.9 Å². The van der Waals surface area contributed by atoms with Crippen molar-refractivity contribution in [1.82, 2.24) is 10.2 Å². The van der Waals surface area contributed by atoms with Crippen LogP contribution in [0.4, 0.5) is 4.79 Å². The van der Waals surface area contributed by atoms with Crippen LogP contribution in [0.2, 0.25) is 0 Å². The first-order valence-corrected chi connectivity index (χ1v) is 13.9. The summed E-state index contributed by atoms with van der Waals surface area (Å²) in [6, 6.07) is 31.5. The number of hydrogen-bond donors (Lipinski definition) is 1. The average molecular weight is 525 g/mol. The molecule has 3 aromatic rings. The van der Waals surface area contributed by atoms with Crippen LogP contribution in [0, 0.1) is 0 Å². The van der Waals surface area contributed by atoms with E-state index in [1.165, 1.54) is 16.7 Å². The molecule has 3 aromatic carbocycles. The van der Waals surface area contributed by atoms with Gasteiger partial charge in [0.15, 0.2) is 0 Å². The van der Waals surface area contributed by atoms with Crippen LogP contribution < -0.4 is 5.32 Å². The van der Waals surface area contributed by atoms with Crippen LogP contribution in [0.25, 0.3) is 0 Å². The van der Waals surface area contributed by atoms with E-state index in [1.54, 1.807) is 11.0 Å². The van der Waals surface area contributed by atoms with E-state index in [4.69, 9.17) is 4.74 Å². The largest absolute Gasteiger partial charge is 0.445 e. The maximum absolute atomic E-state index is 13.1. The lowest BCUT2D eigenvalue weighted by Gasteiger charge is -2.37. The fourth-order valence-electron chi connectivity index (χ4n) is 5.39. The third-order valence-electron chi connectivity index (χ3n) is 7.11. The van der Waals surface area contributed by atoms with Crippen LogP contribution in [-0.2, 0) is 14.3 Å². The van der Waals surface area contributed by atoms with Crippen molar-refractivity contribution in [2.75, 3.05) is 19.7 Å². The van der Waals surface area contributed by atoms with Gasteiger partial charge in [0.1, 0.15) is 6.61 Å². The first kappa shape index (κ1) is 25.9. The lowest BCUT2D eigenvalue weighted by molar-refractivity contribution is -0.116. The van der Waals surface area contributed by atoms with Gasteiger partial charge in [-0.1, -0.05) is 110 Å². The maximum atomic E-state index is 13.1.